The maximum absolute atomic E-state index is 12.3. The minimum absolute atomic E-state index is 0.303. The second-order valence-electron chi connectivity index (χ2n) is 5.30. The van der Waals surface area contributed by atoms with Crippen molar-refractivity contribution in [3.63, 3.8) is 0 Å². The average Bonchev–Trinajstić information content (AvgIpc) is 2.44. The first-order valence-electron chi connectivity index (χ1n) is 7.13. The van der Waals surface area contributed by atoms with Crippen molar-refractivity contribution in [2.24, 2.45) is 0 Å². The van der Waals surface area contributed by atoms with Gasteiger partial charge < -0.3 is 4.74 Å². The van der Waals surface area contributed by atoms with Gasteiger partial charge in [0.15, 0.2) is 0 Å². The molecule has 1 atom stereocenters. The van der Waals surface area contributed by atoms with Crippen molar-refractivity contribution >= 4 is 29.2 Å². The minimum Gasteiger partial charge on any atom is -0.463 e. The van der Waals surface area contributed by atoms with Gasteiger partial charge >= 0.3 is 5.97 Å². The summed E-state index contributed by atoms with van der Waals surface area (Å²) < 4.78 is 5.16. The van der Waals surface area contributed by atoms with Crippen LogP contribution in [0.2, 0.25) is 10.0 Å². The van der Waals surface area contributed by atoms with E-state index in [4.69, 9.17) is 32.8 Å². The van der Waals surface area contributed by atoms with E-state index in [1.165, 1.54) is 0 Å². The number of hydrogen-bond acceptors (Lipinski definition) is 5. The normalized spacial score (nSPS) is 23.5. The molecule has 7 heteroatoms. The van der Waals surface area contributed by atoms with Crippen LogP contribution in [0, 0.1) is 0 Å². The van der Waals surface area contributed by atoms with Crippen LogP contribution in [0.4, 0.5) is 0 Å². The number of rotatable bonds is 4. The molecule has 0 aliphatic carbocycles. The maximum atomic E-state index is 12.3. The minimum atomic E-state index is -1.17. The van der Waals surface area contributed by atoms with E-state index in [2.05, 4.69) is 0 Å². The SMILES string of the molecule is CCOC(=O)C1(C)ON(C)CCN1Cc1ccc(Cl)cc1Cl. The van der Waals surface area contributed by atoms with Crippen molar-refractivity contribution in [2.75, 3.05) is 26.7 Å². The fourth-order valence-electron chi connectivity index (χ4n) is 2.40. The number of halogens is 2. The molecule has 1 saturated heterocycles. The van der Waals surface area contributed by atoms with Crippen molar-refractivity contribution in [3.05, 3.63) is 33.8 Å². The van der Waals surface area contributed by atoms with Crippen LogP contribution < -0.4 is 0 Å². The van der Waals surface area contributed by atoms with E-state index in [0.717, 1.165) is 5.56 Å². The Balaban J connectivity index is 2.24. The van der Waals surface area contributed by atoms with E-state index >= 15 is 0 Å². The highest BCUT2D eigenvalue weighted by Crippen LogP contribution is 2.29. The molecular weight excluding hydrogens is 327 g/mol. The molecular formula is C15H20Cl2N2O3. The zero-order valence-corrected chi connectivity index (χ0v) is 14.4. The largest absolute Gasteiger partial charge is 0.463 e. The van der Waals surface area contributed by atoms with Crippen LogP contribution in [0.5, 0.6) is 0 Å². The first-order valence-corrected chi connectivity index (χ1v) is 7.89. The molecule has 22 heavy (non-hydrogen) atoms. The molecule has 1 aromatic carbocycles. The summed E-state index contributed by atoms with van der Waals surface area (Å²) in [6, 6.07) is 5.33. The van der Waals surface area contributed by atoms with Crippen molar-refractivity contribution in [1.29, 1.82) is 0 Å². The molecule has 0 amide bonds. The molecule has 1 aliphatic rings. The molecule has 122 valence electrons. The Hall–Kier alpha value is -0.850. The number of hydrogen-bond donors (Lipinski definition) is 0. The average molecular weight is 347 g/mol. The van der Waals surface area contributed by atoms with Crippen LogP contribution in [0.1, 0.15) is 19.4 Å². The van der Waals surface area contributed by atoms with Gasteiger partial charge in [-0.25, -0.2) is 4.79 Å². The Kier molecular flexibility index (Phi) is 5.69. The quantitative estimate of drug-likeness (QED) is 0.784. The van der Waals surface area contributed by atoms with Gasteiger partial charge in [-0.3, -0.25) is 9.74 Å². The van der Waals surface area contributed by atoms with E-state index in [1.807, 2.05) is 11.0 Å². The Morgan fingerprint density at radius 3 is 2.77 bits per heavy atom. The van der Waals surface area contributed by atoms with E-state index in [0.29, 0.717) is 36.3 Å². The van der Waals surface area contributed by atoms with Gasteiger partial charge in [0.1, 0.15) is 0 Å². The summed E-state index contributed by atoms with van der Waals surface area (Å²) in [7, 11) is 1.80. The van der Waals surface area contributed by atoms with Gasteiger partial charge in [0.05, 0.1) is 6.61 Å². The van der Waals surface area contributed by atoms with Gasteiger partial charge in [0, 0.05) is 36.7 Å². The second-order valence-corrected chi connectivity index (χ2v) is 6.15. The maximum Gasteiger partial charge on any atom is 0.355 e. The van der Waals surface area contributed by atoms with Crippen LogP contribution in [0.25, 0.3) is 0 Å². The smallest absolute Gasteiger partial charge is 0.355 e. The zero-order valence-electron chi connectivity index (χ0n) is 12.9. The topological polar surface area (TPSA) is 42.0 Å². The summed E-state index contributed by atoms with van der Waals surface area (Å²) in [6.07, 6.45) is 0. The number of hydroxylamine groups is 2. The molecule has 0 N–H and O–H groups in total. The van der Waals surface area contributed by atoms with Gasteiger partial charge in [-0.15, -0.1) is 0 Å². The summed E-state index contributed by atoms with van der Waals surface area (Å²) in [5, 5.41) is 2.80. The molecule has 0 radical (unpaired) electrons. The first-order chi connectivity index (χ1) is 10.4. The summed E-state index contributed by atoms with van der Waals surface area (Å²) in [4.78, 5) is 20.0. The number of nitrogens with zero attached hydrogens (tertiary/aromatic N) is 2. The summed E-state index contributed by atoms with van der Waals surface area (Å²) in [6.45, 7) is 5.60. The first kappa shape index (κ1) is 17.5. The molecule has 1 fully saturated rings. The van der Waals surface area contributed by atoms with Crippen molar-refractivity contribution in [1.82, 2.24) is 9.96 Å². The molecule has 1 aliphatic heterocycles. The van der Waals surface area contributed by atoms with Crippen LogP contribution in [-0.4, -0.2) is 48.4 Å². The van der Waals surface area contributed by atoms with E-state index in [9.17, 15) is 4.79 Å². The van der Waals surface area contributed by atoms with Crippen molar-refractivity contribution < 1.29 is 14.4 Å². The highest BCUT2D eigenvalue weighted by atomic mass is 35.5. The van der Waals surface area contributed by atoms with Gasteiger partial charge in [-0.2, -0.15) is 5.06 Å². The number of benzene rings is 1. The van der Waals surface area contributed by atoms with Crippen LogP contribution >= 0.6 is 23.2 Å². The molecule has 0 spiro atoms. The summed E-state index contributed by atoms with van der Waals surface area (Å²) >= 11 is 12.2. The predicted molar refractivity (Wildman–Crippen MR) is 85.6 cm³/mol. The third-order valence-electron chi connectivity index (χ3n) is 3.65. The lowest BCUT2D eigenvalue weighted by molar-refractivity contribution is -0.309. The molecule has 1 unspecified atom stereocenters. The van der Waals surface area contributed by atoms with Crippen molar-refractivity contribution in [2.45, 2.75) is 26.1 Å². The summed E-state index contributed by atoms with van der Waals surface area (Å²) in [5.41, 5.74) is -0.291. The van der Waals surface area contributed by atoms with E-state index < -0.39 is 11.7 Å². The number of likely N-dealkylation sites (N-methyl/N-ethyl adjacent to an activating group) is 1. The molecule has 0 bridgehead atoms. The Bertz CT molecular complexity index is 556. The Labute approximate surface area is 140 Å². The number of esters is 1. The zero-order chi connectivity index (χ0) is 16.3. The lowest BCUT2D eigenvalue weighted by atomic mass is 10.1. The Morgan fingerprint density at radius 1 is 1.41 bits per heavy atom. The van der Waals surface area contributed by atoms with Crippen LogP contribution in [0.3, 0.4) is 0 Å². The van der Waals surface area contributed by atoms with E-state index in [1.54, 1.807) is 38.1 Å². The van der Waals surface area contributed by atoms with E-state index in [-0.39, 0.29) is 0 Å². The van der Waals surface area contributed by atoms with Gasteiger partial charge in [-0.05, 0) is 31.5 Å². The van der Waals surface area contributed by atoms with Crippen LogP contribution in [0.15, 0.2) is 18.2 Å². The highest BCUT2D eigenvalue weighted by molar-refractivity contribution is 6.35. The molecule has 1 aromatic rings. The third-order valence-corrected chi connectivity index (χ3v) is 4.24. The van der Waals surface area contributed by atoms with Gasteiger partial charge in [0.2, 0.25) is 5.72 Å². The molecule has 0 saturated carbocycles. The molecule has 1 heterocycles. The molecule has 5 nitrogen and oxygen atoms in total. The molecule has 0 aromatic heterocycles. The number of carbonyl (C=O) groups excluding carboxylic acids is 1. The predicted octanol–water partition coefficient (Wildman–Crippen LogP) is 2.95. The Morgan fingerprint density at radius 2 is 2.14 bits per heavy atom. The fraction of sp³-hybridized carbons (Fsp3) is 0.533. The second kappa shape index (κ2) is 7.15. The third kappa shape index (κ3) is 3.73. The number of ether oxygens (including phenoxy) is 1. The lowest BCUT2D eigenvalue weighted by Crippen LogP contribution is -2.62. The van der Waals surface area contributed by atoms with Gasteiger partial charge in [-0.1, -0.05) is 29.3 Å². The number of carbonyl (C=O) groups is 1. The standard InChI is InChI=1S/C15H20Cl2N2O3/c1-4-21-14(20)15(2)19(8-7-18(3)22-15)10-11-5-6-12(16)9-13(11)17/h5-6,9H,4,7-8,10H2,1-3H3. The monoisotopic (exact) mass is 346 g/mol. The fourth-order valence-corrected chi connectivity index (χ4v) is 2.87. The highest BCUT2D eigenvalue weighted by Gasteiger charge is 2.46. The van der Waals surface area contributed by atoms with Crippen molar-refractivity contribution in [3.8, 4) is 0 Å². The van der Waals surface area contributed by atoms with Crippen LogP contribution in [-0.2, 0) is 20.9 Å². The van der Waals surface area contributed by atoms with Gasteiger partial charge in [0.25, 0.3) is 0 Å². The summed E-state index contributed by atoms with van der Waals surface area (Å²) in [5.74, 6) is -0.411. The molecule has 2 rings (SSSR count). The lowest BCUT2D eigenvalue weighted by Gasteiger charge is -2.45.